The number of ether oxygens (including phenoxy) is 1. The lowest BCUT2D eigenvalue weighted by molar-refractivity contribution is 0.235. The summed E-state index contributed by atoms with van der Waals surface area (Å²) in [6, 6.07) is 0. The number of hydrogen-bond acceptors (Lipinski definition) is 4. The highest BCUT2D eigenvalue weighted by molar-refractivity contribution is 5.07. The second-order valence-electron chi connectivity index (χ2n) is 6.53. The minimum absolute atomic E-state index is 0.286. The van der Waals surface area contributed by atoms with Gasteiger partial charge >= 0.3 is 0 Å². The molecule has 0 aliphatic heterocycles. The third-order valence-corrected chi connectivity index (χ3v) is 2.64. The quantitative estimate of drug-likeness (QED) is 0.823. The van der Waals surface area contributed by atoms with E-state index in [4.69, 9.17) is 4.74 Å². The van der Waals surface area contributed by atoms with Gasteiger partial charge in [0.15, 0.2) is 0 Å². The molecule has 0 bridgehead atoms. The van der Waals surface area contributed by atoms with Crippen molar-refractivity contribution >= 4 is 0 Å². The van der Waals surface area contributed by atoms with E-state index in [1.54, 1.807) is 12.4 Å². The third kappa shape index (κ3) is 7.78. The molecule has 0 amide bonds. The molecule has 1 rings (SSSR count). The number of aromatic nitrogens is 2. The van der Waals surface area contributed by atoms with E-state index in [1.807, 2.05) is 0 Å². The lowest BCUT2D eigenvalue weighted by atomic mass is 9.93. The Hall–Kier alpha value is -1.16. The average molecular weight is 265 g/mol. The molecule has 108 valence electrons. The summed E-state index contributed by atoms with van der Waals surface area (Å²) in [5.41, 5.74) is 1.23. The maximum atomic E-state index is 5.59. The number of hydrogen-bond donors (Lipinski definition) is 1. The van der Waals surface area contributed by atoms with Gasteiger partial charge in [0.2, 0.25) is 5.88 Å². The Bertz CT molecular complexity index is 355. The highest BCUT2D eigenvalue weighted by Crippen LogP contribution is 2.18. The molecule has 0 spiro atoms. The summed E-state index contributed by atoms with van der Waals surface area (Å²) in [4.78, 5) is 8.61. The summed E-state index contributed by atoms with van der Waals surface area (Å²) in [7, 11) is 0. The van der Waals surface area contributed by atoms with E-state index in [1.165, 1.54) is 0 Å². The van der Waals surface area contributed by atoms with Crippen LogP contribution in [0.3, 0.4) is 0 Å². The minimum Gasteiger partial charge on any atom is -0.477 e. The minimum atomic E-state index is 0.286. The van der Waals surface area contributed by atoms with Crippen molar-refractivity contribution in [2.45, 2.75) is 47.6 Å². The summed E-state index contributed by atoms with van der Waals surface area (Å²) >= 11 is 0. The van der Waals surface area contributed by atoms with Crippen LogP contribution < -0.4 is 10.1 Å². The summed E-state index contributed by atoms with van der Waals surface area (Å²) in [5.74, 6) is 1.25. The van der Waals surface area contributed by atoms with Crippen LogP contribution in [0.15, 0.2) is 12.4 Å². The van der Waals surface area contributed by atoms with E-state index in [0.29, 0.717) is 18.4 Å². The first-order chi connectivity index (χ1) is 8.87. The van der Waals surface area contributed by atoms with E-state index in [2.05, 4.69) is 49.9 Å². The topological polar surface area (TPSA) is 47.0 Å². The third-order valence-electron chi connectivity index (χ3n) is 2.64. The second kappa shape index (κ2) is 7.43. The predicted octanol–water partition coefficient (Wildman–Crippen LogP) is 3.04. The highest BCUT2D eigenvalue weighted by Gasteiger charge is 2.10. The largest absolute Gasteiger partial charge is 0.477 e. The first-order valence-corrected chi connectivity index (χ1v) is 7.01. The Kier molecular flexibility index (Phi) is 6.22. The van der Waals surface area contributed by atoms with Gasteiger partial charge in [0, 0.05) is 6.54 Å². The SMILES string of the molecule is CC(C)CNCc1cnc(OCCC(C)(C)C)cn1. The number of nitrogens with one attached hydrogen (secondary N) is 1. The summed E-state index contributed by atoms with van der Waals surface area (Å²) in [6.07, 6.45) is 4.49. The Labute approximate surface area is 117 Å². The Morgan fingerprint density at radius 2 is 1.95 bits per heavy atom. The van der Waals surface area contributed by atoms with Crippen LogP contribution in [0, 0.1) is 11.3 Å². The molecular formula is C15H27N3O. The van der Waals surface area contributed by atoms with Gasteiger partial charge in [-0.15, -0.1) is 0 Å². The molecule has 0 saturated carbocycles. The molecule has 0 unspecified atom stereocenters. The fourth-order valence-electron chi connectivity index (χ4n) is 1.46. The van der Waals surface area contributed by atoms with E-state index in [0.717, 1.165) is 25.2 Å². The van der Waals surface area contributed by atoms with Crippen LogP contribution >= 0.6 is 0 Å². The first-order valence-electron chi connectivity index (χ1n) is 7.01. The predicted molar refractivity (Wildman–Crippen MR) is 78.1 cm³/mol. The molecule has 1 heterocycles. The van der Waals surface area contributed by atoms with Crippen LogP contribution in [0.2, 0.25) is 0 Å². The average Bonchev–Trinajstić information content (AvgIpc) is 2.29. The van der Waals surface area contributed by atoms with Crippen molar-refractivity contribution in [2.75, 3.05) is 13.2 Å². The van der Waals surface area contributed by atoms with Crippen molar-refractivity contribution in [3.05, 3.63) is 18.1 Å². The van der Waals surface area contributed by atoms with Crippen molar-refractivity contribution in [2.24, 2.45) is 11.3 Å². The zero-order chi connectivity index (χ0) is 14.3. The molecule has 0 aliphatic rings. The van der Waals surface area contributed by atoms with E-state index < -0.39 is 0 Å². The molecule has 4 heteroatoms. The van der Waals surface area contributed by atoms with Gasteiger partial charge in [0.1, 0.15) is 0 Å². The van der Waals surface area contributed by atoms with Gasteiger partial charge in [-0.25, -0.2) is 4.98 Å². The van der Waals surface area contributed by atoms with Crippen LogP contribution in [-0.4, -0.2) is 23.1 Å². The Balaban J connectivity index is 2.31. The zero-order valence-corrected chi connectivity index (χ0v) is 12.9. The van der Waals surface area contributed by atoms with Crippen molar-refractivity contribution in [1.29, 1.82) is 0 Å². The van der Waals surface area contributed by atoms with Gasteiger partial charge in [-0.1, -0.05) is 34.6 Å². The maximum Gasteiger partial charge on any atom is 0.232 e. The van der Waals surface area contributed by atoms with E-state index in [9.17, 15) is 0 Å². The van der Waals surface area contributed by atoms with Gasteiger partial charge in [-0.2, -0.15) is 0 Å². The Morgan fingerprint density at radius 1 is 1.21 bits per heavy atom. The van der Waals surface area contributed by atoms with Gasteiger partial charge in [-0.3, -0.25) is 4.98 Å². The molecule has 0 aromatic carbocycles. The molecule has 1 N–H and O–H groups in total. The van der Waals surface area contributed by atoms with Crippen LogP contribution in [0.5, 0.6) is 5.88 Å². The van der Waals surface area contributed by atoms with Crippen molar-refractivity contribution in [3.8, 4) is 5.88 Å². The maximum absolute atomic E-state index is 5.59. The standard InChI is InChI=1S/C15H27N3O/c1-12(2)8-16-9-13-10-18-14(11-17-13)19-7-6-15(3,4)5/h10-12,16H,6-9H2,1-5H3. The van der Waals surface area contributed by atoms with Crippen molar-refractivity contribution in [1.82, 2.24) is 15.3 Å². The first kappa shape index (κ1) is 15.9. The highest BCUT2D eigenvalue weighted by atomic mass is 16.5. The second-order valence-corrected chi connectivity index (χ2v) is 6.53. The molecule has 19 heavy (non-hydrogen) atoms. The van der Waals surface area contributed by atoms with Crippen LogP contribution in [0.25, 0.3) is 0 Å². The number of rotatable bonds is 7. The molecular weight excluding hydrogens is 238 g/mol. The van der Waals surface area contributed by atoms with Gasteiger partial charge in [0.05, 0.1) is 24.7 Å². The van der Waals surface area contributed by atoms with Crippen LogP contribution in [0.4, 0.5) is 0 Å². The molecule has 1 aromatic rings. The zero-order valence-electron chi connectivity index (χ0n) is 12.9. The van der Waals surface area contributed by atoms with Gasteiger partial charge in [0.25, 0.3) is 0 Å². The lowest BCUT2D eigenvalue weighted by Gasteiger charge is -2.17. The monoisotopic (exact) mass is 265 g/mol. The fourth-order valence-corrected chi connectivity index (χ4v) is 1.46. The smallest absolute Gasteiger partial charge is 0.232 e. The molecule has 4 nitrogen and oxygen atoms in total. The molecule has 0 saturated heterocycles. The van der Waals surface area contributed by atoms with Gasteiger partial charge in [-0.05, 0) is 24.3 Å². The van der Waals surface area contributed by atoms with E-state index >= 15 is 0 Å². The summed E-state index contributed by atoms with van der Waals surface area (Å²) in [6.45, 7) is 13.4. The van der Waals surface area contributed by atoms with Crippen molar-refractivity contribution in [3.63, 3.8) is 0 Å². The fraction of sp³-hybridized carbons (Fsp3) is 0.733. The van der Waals surface area contributed by atoms with Crippen molar-refractivity contribution < 1.29 is 4.74 Å². The molecule has 0 radical (unpaired) electrons. The van der Waals surface area contributed by atoms with Gasteiger partial charge < -0.3 is 10.1 Å². The number of nitrogens with zero attached hydrogens (tertiary/aromatic N) is 2. The molecule has 0 fully saturated rings. The Morgan fingerprint density at radius 3 is 2.47 bits per heavy atom. The molecule has 0 atom stereocenters. The lowest BCUT2D eigenvalue weighted by Crippen LogP contribution is -2.19. The molecule has 0 aliphatic carbocycles. The van der Waals surface area contributed by atoms with Crippen LogP contribution in [-0.2, 0) is 6.54 Å². The summed E-state index contributed by atoms with van der Waals surface area (Å²) < 4.78 is 5.59. The van der Waals surface area contributed by atoms with E-state index in [-0.39, 0.29) is 5.41 Å². The van der Waals surface area contributed by atoms with Crippen LogP contribution in [0.1, 0.15) is 46.7 Å². The molecule has 1 aromatic heterocycles. The normalized spacial score (nSPS) is 11.9. The summed E-state index contributed by atoms with van der Waals surface area (Å²) in [5, 5.41) is 3.34.